The van der Waals surface area contributed by atoms with Gasteiger partial charge in [0.25, 0.3) is 0 Å². The fraction of sp³-hybridized carbons (Fsp3) is 0.286. The highest BCUT2D eigenvalue weighted by atomic mass is 19.1. The van der Waals surface area contributed by atoms with E-state index in [1.807, 2.05) is 30.5 Å². The molecular formula is C21H23FN4O. The first-order chi connectivity index (χ1) is 13.3. The van der Waals surface area contributed by atoms with Gasteiger partial charge in [0, 0.05) is 49.2 Å². The van der Waals surface area contributed by atoms with Gasteiger partial charge in [-0.3, -0.25) is 10.00 Å². The zero-order chi connectivity index (χ0) is 18.6. The molecule has 0 amide bonds. The van der Waals surface area contributed by atoms with E-state index in [-0.39, 0.29) is 11.9 Å². The number of piperazine rings is 1. The smallest absolute Gasteiger partial charge is 0.128 e. The summed E-state index contributed by atoms with van der Waals surface area (Å²) in [4.78, 5) is 4.67. The van der Waals surface area contributed by atoms with Gasteiger partial charge in [0.2, 0.25) is 0 Å². The Kier molecular flexibility index (Phi) is 5.07. The van der Waals surface area contributed by atoms with Gasteiger partial charge < -0.3 is 9.64 Å². The summed E-state index contributed by atoms with van der Waals surface area (Å²) >= 11 is 0. The van der Waals surface area contributed by atoms with E-state index in [9.17, 15) is 4.39 Å². The van der Waals surface area contributed by atoms with Crippen LogP contribution in [0.5, 0.6) is 5.75 Å². The molecular weight excluding hydrogens is 343 g/mol. The second kappa shape index (κ2) is 7.80. The van der Waals surface area contributed by atoms with Gasteiger partial charge in [-0.25, -0.2) is 4.39 Å². The van der Waals surface area contributed by atoms with Crippen molar-refractivity contribution in [3.05, 3.63) is 77.9 Å². The lowest BCUT2D eigenvalue weighted by molar-refractivity contribution is 0.209. The highest BCUT2D eigenvalue weighted by Gasteiger charge is 2.28. The first-order valence-corrected chi connectivity index (χ1v) is 9.12. The van der Waals surface area contributed by atoms with Crippen molar-refractivity contribution in [2.24, 2.45) is 0 Å². The largest absolute Gasteiger partial charge is 0.497 e. The maximum absolute atomic E-state index is 14.5. The van der Waals surface area contributed by atoms with Gasteiger partial charge in [-0.2, -0.15) is 5.10 Å². The number of anilines is 1. The molecule has 2 aromatic carbocycles. The number of H-pyrrole nitrogens is 1. The summed E-state index contributed by atoms with van der Waals surface area (Å²) in [6, 6.07) is 15.0. The van der Waals surface area contributed by atoms with E-state index in [2.05, 4.69) is 32.1 Å². The molecule has 1 unspecified atom stereocenters. The molecule has 0 spiro atoms. The van der Waals surface area contributed by atoms with Gasteiger partial charge in [0.05, 0.1) is 19.3 Å². The Balaban J connectivity index is 1.53. The van der Waals surface area contributed by atoms with E-state index in [0.29, 0.717) is 5.56 Å². The quantitative estimate of drug-likeness (QED) is 0.751. The molecule has 1 aromatic heterocycles. The third kappa shape index (κ3) is 3.66. The third-order valence-electron chi connectivity index (χ3n) is 5.15. The molecule has 3 aromatic rings. The molecule has 1 aliphatic rings. The average molecular weight is 366 g/mol. The second-order valence-corrected chi connectivity index (χ2v) is 6.68. The standard InChI is InChI=1S/C21H23FN4O/c1-27-18-8-6-17(7-9-18)25-10-12-26(13-11-25)21(16-14-23-24-15-16)19-4-2-3-5-20(19)22/h2-9,14-15,21H,10-13H2,1H3,(H,23,24). The summed E-state index contributed by atoms with van der Waals surface area (Å²) in [5.41, 5.74) is 2.86. The van der Waals surface area contributed by atoms with Crippen LogP contribution in [-0.4, -0.2) is 48.4 Å². The second-order valence-electron chi connectivity index (χ2n) is 6.68. The number of aromatic amines is 1. The first kappa shape index (κ1) is 17.5. The van der Waals surface area contributed by atoms with Gasteiger partial charge in [-0.15, -0.1) is 0 Å². The van der Waals surface area contributed by atoms with E-state index >= 15 is 0 Å². The Hall–Kier alpha value is -2.86. The zero-order valence-corrected chi connectivity index (χ0v) is 15.3. The van der Waals surface area contributed by atoms with E-state index in [0.717, 1.165) is 37.5 Å². The number of rotatable bonds is 5. The highest BCUT2D eigenvalue weighted by molar-refractivity contribution is 5.49. The Morgan fingerprint density at radius 2 is 1.78 bits per heavy atom. The molecule has 4 rings (SSSR count). The van der Waals surface area contributed by atoms with Gasteiger partial charge in [-0.1, -0.05) is 18.2 Å². The van der Waals surface area contributed by atoms with Crippen LogP contribution in [0.4, 0.5) is 10.1 Å². The maximum Gasteiger partial charge on any atom is 0.128 e. The summed E-state index contributed by atoms with van der Waals surface area (Å²) in [6.07, 6.45) is 3.64. The van der Waals surface area contributed by atoms with Crippen LogP contribution in [0.2, 0.25) is 0 Å². The Bertz CT molecular complexity index is 858. The number of hydrogen-bond acceptors (Lipinski definition) is 4. The van der Waals surface area contributed by atoms with Crippen LogP contribution in [0, 0.1) is 5.82 Å². The minimum Gasteiger partial charge on any atom is -0.497 e. The molecule has 0 saturated carbocycles. The molecule has 5 nitrogen and oxygen atoms in total. The summed E-state index contributed by atoms with van der Waals surface area (Å²) < 4.78 is 19.8. The number of hydrogen-bond donors (Lipinski definition) is 1. The van der Waals surface area contributed by atoms with Gasteiger partial charge in [0.1, 0.15) is 11.6 Å². The van der Waals surface area contributed by atoms with Crippen LogP contribution in [0.15, 0.2) is 60.9 Å². The van der Waals surface area contributed by atoms with Crippen molar-refractivity contribution in [3.8, 4) is 5.75 Å². The molecule has 140 valence electrons. The van der Waals surface area contributed by atoms with Crippen molar-refractivity contribution in [1.82, 2.24) is 15.1 Å². The topological polar surface area (TPSA) is 44.4 Å². The van der Waals surface area contributed by atoms with Crippen LogP contribution in [0.3, 0.4) is 0 Å². The lowest BCUT2D eigenvalue weighted by atomic mass is 9.98. The number of halogens is 1. The molecule has 1 aliphatic heterocycles. The number of nitrogens with zero attached hydrogens (tertiary/aromatic N) is 3. The number of ether oxygens (including phenoxy) is 1. The van der Waals surface area contributed by atoms with Crippen molar-refractivity contribution in [3.63, 3.8) is 0 Å². The van der Waals surface area contributed by atoms with E-state index < -0.39 is 0 Å². The zero-order valence-electron chi connectivity index (χ0n) is 15.3. The third-order valence-corrected chi connectivity index (χ3v) is 5.15. The van der Waals surface area contributed by atoms with Crippen molar-refractivity contribution < 1.29 is 9.13 Å². The first-order valence-electron chi connectivity index (χ1n) is 9.12. The van der Waals surface area contributed by atoms with Crippen LogP contribution in [0.25, 0.3) is 0 Å². The predicted octanol–water partition coefficient (Wildman–Crippen LogP) is 3.47. The molecule has 1 fully saturated rings. The Morgan fingerprint density at radius 3 is 2.41 bits per heavy atom. The summed E-state index contributed by atoms with van der Waals surface area (Å²) in [5, 5.41) is 6.94. The number of aromatic nitrogens is 2. The van der Waals surface area contributed by atoms with Crippen LogP contribution in [-0.2, 0) is 0 Å². The Morgan fingerprint density at radius 1 is 1.04 bits per heavy atom. The molecule has 1 atom stereocenters. The van der Waals surface area contributed by atoms with Crippen LogP contribution < -0.4 is 9.64 Å². The predicted molar refractivity (Wildman–Crippen MR) is 104 cm³/mol. The summed E-state index contributed by atoms with van der Waals surface area (Å²) in [7, 11) is 1.67. The molecule has 0 aliphatic carbocycles. The number of methoxy groups -OCH3 is 1. The Labute approximate surface area is 158 Å². The van der Waals surface area contributed by atoms with Crippen molar-refractivity contribution in [2.45, 2.75) is 6.04 Å². The molecule has 27 heavy (non-hydrogen) atoms. The molecule has 6 heteroatoms. The molecule has 2 heterocycles. The van der Waals surface area contributed by atoms with Gasteiger partial charge in [-0.05, 0) is 30.3 Å². The van der Waals surface area contributed by atoms with Gasteiger partial charge >= 0.3 is 0 Å². The van der Waals surface area contributed by atoms with Crippen molar-refractivity contribution in [2.75, 3.05) is 38.2 Å². The lowest BCUT2D eigenvalue weighted by Crippen LogP contribution is -2.48. The van der Waals surface area contributed by atoms with Crippen molar-refractivity contribution in [1.29, 1.82) is 0 Å². The lowest BCUT2D eigenvalue weighted by Gasteiger charge is -2.40. The SMILES string of the molecule is COc1ccc(N2CCN(C(c3cn[nH]c3)c3ccccc3F)CC2)cc1. The average Bonchev–Trinajstić information content (AvgIpc) is 3.25. The normalized spacial score (nSPS) is 16.3. The monoisotopic (exact) mass is 366 g/mol. The van der Waals surface area contributed by atoms with Crippen LogP contribution in [0.1, 0.15) is 17.2 Å². The highest BCUT2D eigenvalue weighted by Crippen LogP contribution is 2.31. The van der Waals surface area contributed by atoms with Gasteiger partial charge in [0.15, 0.2) is 0 Å². The molecule has 0 bridgehead atoms. The van der Waals surface area contributed by atoms with E-state index in [1.54, 1.807) is 19.4 Å². The van der Waals surface area contributed by atoms with E-state index in [1.165, 1.54) is 11.8 Å². The van der Waals surface area contributed by atoms with E-state index in [4.69, 9.17) is 4.74 Å². The summed E-state index contributed by atoms with van der Waals surface area (Å²) in [6.45, 7) is 3.46. The fourth-order valence-electron chi connectivity index (χ4n) is 3.73. The summed E-state index contributed by atoms with van der Waals surface area (Å²) in [5.74, 6) is 0.679. The maximum atomic E-state index is 14.5. The number of benzene rings is 2. The molecule has 0 radical (unpaired) electrons. The van der Waals surface area contributed by atoms with Crippen LogP contribution >= 0.6 is 0 Å². The minimum atomic E-state index is -0.179. The molecule has 1 saturated heterocycles. The minimum absolute atomic E-state index is 0.136. The van der Waals surface area contributed by atoms with Crippen molar-refractivity contribution >= 4 is 5.69 Å². The molecule has 1 N–H and O–H groups in total. The fourth-order valence-corrected chi connectivity index (χ4v) is 3.73. The number of nitrogens with one attached hydrogen (secondary N) is 1.